The molecule has 0 bridgehead atoms. The van der Waals surface area contributed by atoms with Crippen LogP contribution in [0.25, 0.3) is 0 Å². The van der Waals surface area contributed by atoms with Gasteiger partial charge in [-0.15, -0.1) is 0 Å². The number of methoxy groups -OCH3 is 1. The van der Waals surface area contributed by atoms with Crippen molar-refractivity contribution in [1.82, 2.24) is 0 Å². The molecule has 0 aromatic heterocycles. The van der Waals surface area contributed by atoms with E-state index in [4.69, 9.17) is 4.74 Å². The summed E-state index contributed by atoms with van der Waals surface area (Å²) in [7, 11) is 1.63. The smallest absolute Gasteiger partial charge is 0.141 e. The maximum Gasteiger partial charge on any atom is 0.141 e. The largest absolute Gasteiger partial charge is 0.496 e. The molecule has 98 valence electrons. The van der Waals surface area contributed by atoms with Gasteiger partial charge in [-0.25, -0.2) is 0 Å². The second-order valence-corrected chi connectivity index (χ2v) is 4.63. The zero-order chi connectivity index (χ0) is 13.7. The van der Waals surface area contributed by atoms with E-state index >= 15 is 0 Å². The van der Waals surface area contributed by atoms with Crippen molar-refractivity contribution in [2.24, 2.45) is 0 Å². The van der Waals surface area contributed by atoms with Gasteiger partial charge in [-0.3, -0.25) is 4.79 Å². The maximum atomic E-state index is 12.1. The molecule has 0 atom stereocenters. The molecule has 0 radical (unpaired) electrons. The van der Waals surface area contributed by atoms with Gasteiger partial charge in [0.25, 0.3) is 0 Å². The lowest BCUT2D eigenvalue weighted by molar-refractivity contribution is -0.117. The number of hydrogen-bond acceptors (Lipinski definition) is 2. The lowest BCUT2D eigenvalue weighted by Gasteiger charge is -2.08. The van der Waals surface area contributed by atoms with Crippen molar-refractivity contribution in [1.29, 1.82) is 0 Å². The van der Waals surface area contributed by atoms with Crippen LogP contribution < -0.4 is 4.74 Å². The van der Waals surface area contributed by atoms with Crippen molar-refractivity contribution in [2.75, 3.05) is 7.11 Å². The molecule has 2 heteroatoms. The fraction of sp³-hybridized carbons (Fsp3) is 0.235. The number of aryl methyl sites for hydroxylation is 1. The van der Waals surface area contributed by atoms with Crippen molar-refractivity contribution in [3.8, 4) is 5.75 Å². The zero-order valence-corrected chi connectivity index (χ0v) is 11.3. The van der Waals surface area contributed by atoms with E-state index < -0.39 is 0 Å². The molecule has 0 aliphatic heterocycles. The summed E-state index contributed by atoms with van der Waals surface area (Å²) in [6, 6.07) is 15.7. The van der Waals surface area contributed by atoms with Gasteiger partial charge in [0.1, 0.15) is 11.5 Å². The molecule has 19 heavy (non-hydrogen) atoms. The predicted octanol–water partition coefficient (Wildman–Crippen LogP) is 3.36. The number of rotatable bonds is 5. The molecule has 0 spiro atoms. The third kappa shape index (κ3) is 3.44. The highest BCUT2D eigenvalue weighted by molar-refractivity contribution is 5.84. The Hall–Kier alpha value is -2.09. The Balaban J connectivity index is 2.08. The number of hydrogen-bond donors (Lipinski definition) is 0. The van der Waals surface area contributed by atoms with Crippen LogP contribution in [-0.4, -0.2) is 12.9 Å². The van der Waals surface area contributed by atoms with Crippen LogP contribution in [-0.2, 0) is 17.6 Å². The standard InChI is InChI=1S/C17H18O2/c1-13-7-3-4-8-14(13)11-16(18)12-15-9-5-6-10-17(15)19-2/h3-10H,11-12H2,1-2H3. The minimum Gasteiger partial charge on any atom is -0.496 e. The zero-order valence-electron chi connectivity index (χ0n) is 11.3. The van der Waals surface area contributed by atoms with Crippen LogP contribution in [0.5, 0.6) is 5.75 Å². The van der Waals surface area contributed by atoms with E-state index in [1.165, 1.54) is 0 Å². The van der Waals surface area contributed by atoms with Gasteiger partial charge in [0, 0.05) is 18.4 Å². The minimum atomic E-state index is 0.207. The summed E-state index contributed by atoms with van der Waals surface area (Å²) in [6.07, 6.45) is 0.892. The van der Waals surface area contributed by atoms with Gasteiger partial charge in [-0.2, -0.15) is 0 Å². The van der Waals surface area contributed by atoms with Gasteiger partial charge in [-0.1, -0.05) is 42.5 Å². The maximum absolute atomic E-state index is 12.1. The highest BCUT2D eigenvalue weighted by Crippen LogP contribution is 2.19. The second kappa shape index (κ2) is 6.19. The first-order valence-corrected chi connectivity index (χ1v) is 6.39. The van der Waals surface area contributed by atoms with Crippen molar-refractivity contribution < 1.29 is 9.53 Å². The first-order valence-electron chi connectivity index (χ1n) is 6.39. The highest BCUT2D eigenvalue weighted by atomic mass is 16.5. The van der Waals surface area contributed by atoms with Crippen LogP contribution in [0.15, 0.2) is 48.5 Å². The Morgan fingerprint density at radius 3 is 2.21 bits per heavy atom. The summed E-state index contributed by atoms with van der Waals surface area (Å²) in [6.45, 7) is 2.03. The predicted molar refractivity (Wildman–Crippen MR) is 76.6 cm³/mol. The Kier molecular flexibility index (Phi) is 4.35. The van der Waals surface area contributed by atoms with E-state index in [2.05, 4.69) is 0 Å². The number of carbonyl (C=O) groups is 1. The average Bonchev–Trinajstić information content (AvgIpc) is 2.42. The van der Waals surface area contributed by atoms with Gasteiger partial charge in [0.05, 0.1) is 7.11 Å². The molecule has 0 fully saturated rings. The molecule has 0 heterocycles. The first-order chi connectivity index (χ1) is 9.20. The Labute approximate surface area is 114 Å². The summed E-state index contributed by atoms with van der Waals surface area (Å²) in [5.74, 6) is 0.986. The van der Waals surface area contributed by atoms with Gasteiger partial charge in [0.15, 0.2) is 0 Å². The minimum absolute atomic E-state index is 0.207. The molecule has 0 aliphatic rings. The second-order valence-electron chi connectivity index (χ2n) is 4.63. The third-order valence-electron chi connectivity index (χ3n) is 3.23. The molecule has 2 aromatic carbocycles. The molecule has 0 unspecified atom stereocenters. The van der Waals surface area contributed by atoms with E-state index in [0.717, 1.165) is 22.4 Å². The number of carbonyl (C=O) groups excluding carboxylic acids is 1. The van der Waals surface area contributed by atoms with Crippen LogP contribution in [0.1, 0.15) is 16.7 Å². The molecule has 2 rings (SSSR count). The van der Waals surface area contributed by atoms with Crippen LogP contribution in [0.2, 0.25) is 0 Å². The van der Waals surface area contributed by atoms with E-state index in [1.54, 1.807) is 7.11 Å². The van der Waals surface area contributed by atoms with E-state index in [-0.39, 0.29) is 5.78 Å². The molecule has 0 saturated carbocycles. The molecule has 0 amide bonds. The summed E-state index contributed by atoms with van der Waals surface area (Å²) >= 11 is 0. The fourth-order valence-electron chi connectivity index (χ4n) is 2.14. The molecule has 0 N–H and O–H groups in total. The fourth-order valence-corrected chi connectivity index (χ4v) is 2.14. The summed E-state index contributed by atoms with van der Waals surface area (Å²) in [5.41, 5.74) is 3.21. The van der Waals surface area contributed by atoms with Crippen LogP contribution >= 0.6 is 0 Å². The summed E-state index contributed by atoms with van der Waals surface area (Å²) in [5, 5.41) is 0. The normalized spacial score (nSPS) is 10.2. The third-order valence-corrected chi connectivity index (χ3v) is 3.23. The van der Waals surface area contributed by atoms with Gasteiger partial charge >= 0.3 is 0 Å². The van der Waals surface area contributed by atoms with Crippen molar-refractivity contribution >= 4 is 5.78 Å². The molecule has 0 aliphatic carbocycles. The van der Waals surface area contributed by atoms with Crippen LogP contribution in [0.3, 0.4) is 0 Å². The average molecular weight is 254 g/mol. The molecule has 2 aromatic rings. The molecular weight excluding hydrogens is 236 g/mol. The molecule has 2 nitrogen and oxygen atoms in total. The van der Waals surface area contributed by atoms with Gasteiger partial charge in [-0.05, 0) is 24.1 Å². The number of benzene rings is 2. The Morgan fingerprint density at radius 1 is 0.947 bits per heavy atom. The molecular formula is C17H18O2. The number of ether oxygens (including phenoxy) is 1. The van der Waals surface area contributed by atoms with Crippen molar-refractivity contribution in [3.63, 3.8) is 0 Å². The van der Waals surface area contributed by atoms with Crippen molar-refractivity contribution in [2.45, 2.75) is 19.8 Å². The highest BCUT2D eigenvalue weighted by Gasteiger charge is 2.10. The number of Topliss-reactive ketones (excluding diaryl/α,β-unsaturated/α-hetero) is 1. The monoisotopic (exact) mass is 254 g/mol. The van der Waals surface area contributed by atoms with E-state index in [9.17, 15) is 4.79 Å². The number of para-hydroxylation sites is 1. The van der Waals surface area contributed by atoms with E-state index in [1.807, 2.05) is 55.5 Å². The Bertz CT molecular complexity index is 573. The van der Waals surface area contributed by atoms with E-state index in [0.29, 0.717) is 12.8 Å². The topological polar surface area (TPSA) is 26.3 Å². The first kappa shape index (κ1) is 13.3. The quantitative estimate of drug-likeness (QED) is 0.817. The van der Waals surface area contributed by atoms with Crippen molar-refractivity contribution in [3.05, 3.63) is 65.2 Å². The van der Waals surface area contributed by atoms with Gasteiger partial charge in [0.2, 0.25) is 0 Å². The lowest BCUT2D eigenvalue weighted by Crippen LogP contribution is -2.08. The number of ketones is 1. The SMILES string of the molecule is COc1ccccc1CC(=O)Cc1ccccc1C. The van der Waals surface area contributed by atoms with Crippen LogP contribution in [0.4, 0.5) is 0 Å². The summed E-state index contributed by atoms with van der Waals surface area (Å²) in [4.78, 5) is 12.1. The lowest BCUT2D eigenvalue weighted by atomic mass is 9.99. The summed E-state index contributed by atoms with van der Waals surface area (Å²) < 4.78 is 5.27. The molecule has 0 saturated heterocycles. The van der Waals surface area contributed by atoms with Crippen LogP contribution in [0, 0.1) is 6.92 Å². The van der Waals surface area contributed by atoms with Gasteiger partial charge < -0.3 is 4.74 Å². The Morgan fingerprint density at radius 2 is 1.53 bits per heavy atom.